The van der Waals surface area contributed by atoms with E-state index in [1.165, 1.54) is 5.01 Å². The first-order chi connectivity index (χ1) is 14.1. The van der Waals surface area contributed by atoms with E-state index in [9.17, 15) is 4.79 Å². The highest BCUT2D eigenvalue weighted by atomic mass is 16.2. The first kappa shape index (κ1) is 18.5. The van der Waals surface area contributed by atoms with Gasteiger partial charge in [-0.25, -0.2) is 10.0 Å². The van der Waals surface area contributed by atoms with Crippen molar-refractivity contribution in [2.24, 2.45) is 4.99 Å². The van der Waals surface area contributed by atoms with Crippen molar-refractivity contribution in [2.45, 2.75) is 0 Å². The van der Waals surface area contributed by atoms with Crippen molar-refractivity contribution >= 4 is 34.9 Å². The first-order valence-electron chi connectivity index (χ1n) is 9.41. The molecule has 144 valence electrons. The van der Waals surface area contributed by atoms with Gasteiger partial charge in [-0.3, -0.25) is 10.2 Å². The molecule has 1 amide bonds. The summed E-state index contributed by atoms with van der Waals surface area (Å²) in [6, 6.07) is 27.2. The zero-order chi connectivity index (χ0) is 20.2. The Labute approximate surface area is 170 Å². The number of anilines is 2. The van der Waals surface area contributed by atoms with Crippen molar-refractivity contribution in [2.75, 3.05) is 24.0 Å². The van der Waals surface area contributed by atoms with Gasteiger partial charge in [0, 0.05) is 19.8 Å². The van der Waals surface area contributed by atoms with Gasteiger partial charge in [0.25, 0.3) is 5.91 Å². The minimum atomic E-state index is -0.137. The number of hydrazine groups is 1. The number of nitrogens with zero attached hydrogens (tertiary/aromatic N) is 3. The van der Waals surface area contributed by atoms with Crippen molar-refractivity contribution in [1.29, 1.82) is 0 Å². The Morgan fingerprint density at radius 3 is 2.10 bits per heavy atom. The molecule has 0 bridgehead atoms. The van der Waals surface area contributed by atoms with Gasteiger partial charge in [-0.1, -0.05) is 48.5 Å². The minimum absolute atomic E-state index is 0.137. The number of nitrogens with one attached hydrogen (secondary N) is 1. The zero-order valence-corrected chi connectivity index (χ0v) is 16.4. The smallest absolute Gasteiger partial charge is 0.280 e. The number of hydrogen-bond acceptors (Lipinski definition) is 3. The largest absolute Gasteiger partial charge is 0.378 e. The fourth-order valence-electron chi connectivity index (χ4n) is 3.08. The molecule has 0 aromatic heterocycles. The van der Waals surface area contributed by atoms with Gasteiger partial charge < -0.3 is 4.90 Å². The van der Waals surface area contributed by atoms with Crippen LogP contribution in [0.3, 0.4) is 0 Å². The summed E-state index contributed by atoms with van der Waals surface area (Å²) >= 11 is 0. The second-order valence-corrected chi connectivity index (χ2v) is 6.93. The lowest BCUT2D eigenvalue weighted by Gasteiger charge is -2.14. The van der Waals surface area contributed by atoms with Crippen LogP contribution in [0.2, 0.25) is 0 Å². The molecule has 3 aromatic carbocycles. The maximum Gasteiger partial charge on any atom is 0.280 e. The van der Waals surface area contributed by atoms with Crippen molar-refractivity contribution in [3.05, 3.63) is 96.1 Å². The Morgan fingerprint density at radius 2 is 1.48 bits per heavy atom. The number of aliphatic imine (C=N–C) groups is 1. The lowest BCUT2D eigenvalue weighted by atomic mass is 10.1. The summed E-state index contributed by atoms with van der Waals surface area (Å²) in [6.07, 6.45) is 1.87. The molecule has 0 spiro atoms. The van der Waals surface area contributed by atoms with Crippen LogP contribution in [0.15, 0.2) is 95.5 Å². The number of carbonyl (C=O) groups excluding carboxylic acids is 1. The summed E-state index contributed by atoms with van der Waals surface area (Å²) in [5.74, 6) is 0.393. The monoisotopic (exact) mass is 382 g/mol. The van der Waals surface area contributed by atoms with Gasteiger partial charge in [0.2, 0.25) is 0 Å². The molecule has 0 radical (unpaired) electrons. The van der Waals surface area contributed by atoms with Crippen molar-refractivity contribution in [3.63, 3.8) is 0 Å². The Hall–Kier alpha value is -3.86. The van der Waals surface area contributed by atoms with E-state index >= 15 is 0 Å². The number of amides is 1. The SMILES string of the molecule is CN(C)c1ccc(/C=C2\C(=O)N(c3ccccc3)NC2=Nc2ccccc2)cc1. The summed E-state index contributed by atoms with van der Waals surface area (Å²) in [5, 5.41) is 1.53. The second kappa shape index (κ2) is 8.02. The van der Waals surface area contributed by atoms with Crippen LogP contribution in [-0.4, -0.2) is 25.8 Å². The highest BCUT2D eigenvalue weighted by Gasteiger charge is 2.32. The summed E-state index contributed by atoms with van der Waals surface area (Å²) < 4.78 is 0. The Bertz CT molecular complexity index is 1060. The van der Waals surface area contributed by atoms with Crippen LogP contribution in [0.5, 0.6) is 0 Å². The zero-order valence-electron chi connectivity index (χ0n) is 16.4. The van der Waals surface area contributed by atoms with E-state index in [0.717, 1.165) is 22.6 Å². The van der Waals surface area contributed by atoms with Crippen LogP contribution >= 0.6 is 0 Å². The molecule has 1 saturated heterocycles. The van der Waals surface area contributed by atoms with Gasteiger partial charge in [0.1, 0.15) is 0 Å². The van der Waals surface area contributed by atoms with Crippen LogP contribution in [0, 0.1) is 0 Å². The third-order valence-electron chi connectivity index (χ3n) is 4.64. The van der Waals surface area contributed by atoms with Gasteiger partial charge in [-0.15, -0.1) is 0 Å². The van der Waals surface area contributed by atoms with Gasteiger partial charge >= 0.3 is 0 Å². The first-order valence-corrected chi connectivity index (χ1v) is 9.41. The standard InChI is InChI=1S/C24H22N4O/c1-27(2)20-15-13-18(14-16-20)17-22-23(25-19-9-5-3-6-10-19)26-28(24(22)29)21-11-7-4-8-12-21/h3-17H,1-2H3,(H,25,26)/b22-17-. The summed E-state index contributed by atoms with van der Waals surface area (Å²) in [7, 11) is 4.00. The molecule has 0 atom stereocenters. The highest BCUT2D eigenvalue weighted by Crippen LogP contribution is 2.24. The predicted octanol–water partition coefficient (Wildman–Crippen LogP) is 4.42. The fraction of sp³-hybridized carbons (Fsp3) is 0.0833. The Balaban J connectivity index is 1.75. The molecule has 1 aliphatic heterocycles. The molecule has 5 heteroatoms. The summed E-state index contributed by atoms with van der Waals surface area (Å²) in [6.45, 7) is 0. The lowest BCUT2D eigenvalue weighted by Crippen LogP contribution is -2.35. The quantitative estimate of drug-likeness (QED) is 0.680. The number of amidine groups is 1. The maximum atomic E-state index is 13.2. The van der Waals surface area contributed by atoms with Crippen molar-refractivity contribution in [1.82, 2.24) is 5.43 Å². The molecular weight excluding hydrogens is 360 g/mol. The Morgan fingerprint density at radius 1 is 0.862 bits per heavy atom. The number of carbonyl (C=O) groups is 1. The van der Waals surface area contributed by atoms with Gasteiger partial charge in [0.05, 0.1) is 16.9 Å². The van der Waals surface area contributed by atoms with Crippen LogP contribution in [0.25, 0.3) is 6.08 Å². The average molecular weight is 382 g/mol. The minimum Gasteiger partial charge on any atom is -0.378 e. The molecule has 4 rings (SSSR count). The molecule has 1 aliphatic rings. The van der Waals surface area contributed by atoms with Gasteiger partial charge in [0.15, 0.2) is 5.84 Å². The van der Waals surface area contributed by atoms with E-state index < -0.39 is 0 Å². The molecular formula is C24H22N4O. The third kappa shape index (κ3) is 4.04. The van der Waals surface area contributed by atoms with Gasteiger partial charge in [-0.2, -0.15) is 0 Å². The summed E-state index contributed by atoms with van der Waals surface area (Å²) in [5.41, 5.74) is 7.28. The molecule has 0 unspecified atom stereocenters. The highest BCUT2D eigenvalue weighted by molar-refractivity contribution is 6.33. The van der Waals surface area contributed by atoms with Crippen LogP contribution < -0.4 is 15.3 Å². The average Bonchev–Trinajstić information content (AvgIpc) is 3.05. The number of hydrogen-bond donors (Lipinski definition) is 1. The van der Waals surface area contributed by atoms with Crippen molar-refractivity contribution < 1.29 is 4.79 Å². The molecule has 3 aromatic rings. The molecule has 1 fully saturated rings. The molecule has 0 saturated carbocycles. The number of para-hydroxylation sites is 2. The molecule has 1 N–H and O–H groups in total. The summed E-state index contributed by atoms with van der Waals surface area (Å²) in [4.78, 5) is 19.9. The van der Waals surface area contributed by atoms with Crippen LogP contribution in [0.1, 0.15) is 5.56 Å². The molecule has 1 heterocycles. The molecule has 29 heavy (non-hydrogen) atoms. The van der Waals surface area contributed by atoms with E-state index in [4.69, 9.17) is 0 Å². The van der Waals surface area contributed by atoms with Crippen LogP contribution in [-0.2, 0) is 4.79 Å². The van der Waals surface area contributed by atoms with E-state index in [1.54, 1.807) is 0 Å². The topological polar surface area (TPSA) is 47.9 Å². The number of benzene rings is 3. The predicted molar refractivity (Wildman–Crippen MR) is 119 cm³/mol. The van der Waals surface area contributed by atoms with E-state index in [0.29, 0.717) is 11.4 Å². The lowest BCUT2D eigenvalue weighted by molar-refractivity contribution is -0.114. The molecule has 5 nitrogen and oxygen atoms in total. The van der Waals surface area contributed by atoms with E-state index in [2.05, 4.69) is 10.4 Å². The fourth-order valence-corrected chi connectivity index (χ4v) is 3.08. The third-order valence-corrected chi connectivity index (χ3v) is 4.64. The molecule has 0 aliphatic carbocycles. The number of rotatable bonds is 4. The second-order valence-electron chi connectivity index (χ2n) is 6.93. The van der Waals surface area contributed by atoms with Gasteiger partial charge in [-0.05, 0) is 48.0 Å². The van der Waals surface area contributed by atoms with Crippen LogP contribution in [0.4, 0.5) is 17.1 Å². The van der Waals surface area contributed by atoms with Crippen molar-refractivity contribution in [3.8, 4) is 0 Å². The normalized spacial score (nSPS) is 16.3. The Kier molecular flexibility index (Phi) is 5.12. The van der Waals surface area contributed by atoms with E-state index in [1.807, 2.05) is 110 Å². The van der Waals surface area contributed by atoms with E-state index in [-0.39, 0.29) is 5.91 Å². The maximum absolute atomic E-state index is 13.2.